The van der Waals surface area contributed by atoms with Crippen LogP contribution in [0.25, 0.3) is 0 Å². The van der Waals surface area contributed by atoms with Gasteiger partial charge in [-0.3, -0.25) is 9.67 Å². The number of hydrogen-bond acceptors (Lipinski definition) is 3. The molecule has 1 aliphatic rings. The van der Waals surface area contributed by atoms with E-state index in [0.29, 0.717) is 6.10 Å². The molecule has 2 N–H and O–H groups in total. The maximum absolute atomic E-state index is 6.07. The minimum Gasteiger partial charge on any atom is -0.378 e. The van der Waals surface area contributed by atoms with Gasteiger partial charge in [-0.05, 0) is 58.9 Å². The second-order valence-corrected chi connectivity index (χ2v) is 7.88. The number of halogens is 1. The second kappa shape index (κ2) is 15.9. The van der Waals surface area contributed by atoms with Crippen molar-refractivity contribution in [3.8, 4) is 0 Å². The topological polar surface area (TPSA) is 63.5 Å². The number of nitrogens with one attached hydrogen (secondary N) is 2. The van der Waals surface area contributed by atoms with Crippen molar-refractivity contribution in [3.05, 3.63) is 17.5 Å². The van der Waals surface area contributed by atoms with Crippen LogP contribution < -0.4 is 10.6 Å². The molecule has 0 amide bonds. The summed E-state index contributed by atoms with van der Waals surface area (Å²) < 4.78 is 8.14. The van der Waals surface area contributed by atoms with Gasteiger partial charge in [0.15, 0.2) is 5.96 Å². The summed E-state index contributed by atoms with van der Waals surface area (Å²) in [7, 11) is 0. The average molecular weight is 520 g/mol. The third-order valence-corrected chi connectivity index (χ3v) is 5.26. The SMILES string of the molecule is CCNC(=NCCCn1nc(C)cc1C)NCCCCOC1CCCCCC1.I. The van der Waals surface area contributed by atoms with Crippen molar-refractivity contribution >= 4 is 29.9 Å². The monoisotopic (exact) mass is 519 g/mol. The Hall–Kier alpha value is -0.830. The zero-order valence-corrected chi connectivity index (χ0v) is 21.0. The lowest BCUT2D eigenvalue weighted by atomic mass is 10.1. The van der Waals surface area contributed by atoms with Crippen molar-refractivity contribution in [2.45, 2.75) is 91.2 Å². The molecule has 0 atom stereocenters. The standard InChI is InChI=1S/C22H41N5O.HI/c1-4-23-22(25-15-11-16-27-20(3)18-19(2)26-27)24-14-9-10-17-28-21-12-7-5-6-8-13-21;/h18,21H,4-17H2,1-3H3,(H2,23,24,25);1H. The van der Waals surface area contributed by atoms with E-state index in [-0.39, 0.29) is 24.0 Å². The largest absolute Gasteiger partial charge is 0.378 e. The van der Waals surface area contributed by atoms with Gasteiger partial charge in [0.05, 0.1) is 11.8 Å². The van der Waals surface area contributed by atoms with Gasteiger partial charge in [-0.2, -0.15) is 5.10 Å². The van der Waals surface area contributed by atoms with Crippen LogP contribution in [0.2, 0.25) is 0 Å². The summed E-state index contributed by atoms with van der Waals surface area (Å²) >= 11 is 0. The summed E-state index contributed by atoms with van der Waals surface area (Å²) in [5, 5.41) is 11.3. The normalized spacial score (nSPS) is 15.6. The first-order valence-corrected chi connectivity index (χ1v) is 11.3. The number of aromatic nitrogens is 2. The van der Waals surface area contributed by atoms with Crippen molar-refractivity contribution in [1.29, 1.82) is 0 Å². The van der Waals surface area contributed by atoms with Crippen LogP contribution in [0, 0.1) is 13.8 Å². The summed E-state index contributed by atoms with van der Waals surface area (Å²) in [5.41, 5.74) is 2.30. The smallest absolute Gasteiger partial charge is 0.191 e. The number of ether oxygens (including phenoxy) is 1. The first-order chi connectivity index (χ1) is 13.7. The lowest BCUT2D eigenvalue weighted by Crippen LogP contribution is -2.38. The maximum atomic E-state index is 6.07. The van der Waals surface area contributed by atoms with Crippen LogP contribution in [-0.4, -0.2) is 48.1 Å². The minimum absolute atomic E-state index is 0. The van der Waals surface area contributed by atoms with Gasteiger partial charge in [-0.15, -0.1) is 24.0 Å². The Morgan fingerprint density at radius 1 is 1.14 bits per heavy atom. The molecule has 6 nitrogen and oxygen atoms in total. The van der Waals surface area contributed by atoms with Gasteiger partial charge in [0, 0.05) is 38.5 Å². The van der Waals surface area contributed by atoms with Gasteiger partial charge >= 0.3 is 0 Å². The molecule has 1 heterocycles. The number of unbranched alkanes of at least 4 members (excludes halogenated alkanes) is 1. The highest BCUT2D eigenvalue weighted by Crippen LogP contribution is 2.19. The molecule has 2 rings (SSSR count). The molecular weight excluding hydrogens is 477 g/mol. The molecule has 1 saturated carbocycles. The highest BCUT2D eigenvalue weighted by Gasteiger charge is 2.11. The molecule has 1 fully saturated rings. The zero-order valence-electron chi connectivity index (χ0n) is 18.7. The maximum Gasteiger partial charge on any atom is 0.191 e. The van der Waals surface area contributed by atoms with Crippen molar-refractivity contribution in [3.63, 3.8) is 0 Å². The Morgan fingerprint density at radius 2 is 1.90 bits per heavy atom. The summed E-state index contributed by atoms with van der Waals surface area (Å²) in [5.74, 6) is 0.917. The molecule has 168 valence electrons. The molecule has 7 heteroatoms. The van der Waals surface area contributed by atoms with Crippen LogP contribution >= 0.6 is 24.0 Å². The van der Waals surface area contributed by atoms with Crippen LogP contribution in [0.1, 0.15) is 76.1 Å². The number of aliphatic imine (C=N–C) groups is 1. The summed E-state index contributed by atoms with van der Waals surface area (Å²) in [6.07, 6.45) is 11.7. The molecule has 1 aromatic heterocycles. The highest BCUT2D eigenvalue weighted by atomic mass is 127. The molecule has 0 saturated heterocycles. The third-order valence-electron chi connectivity index (χ3n) is 5.26. The average Bonchev–Trinajstić information content (AvgIpc) is 2.86. The van der Waals surface area contributed by atoms with Gasteiger partial charge in [0.1, 0.15) is 0 Å². The van der Waals surface area contributed by atoms with Crippen molar-refractivity contribution in [2.24, 2.45) is 4.99 Å². The lowest BCUT2D eigenvalue weighted by molar-refractivity contribution is 0.0411. The summed E-state index contributed by atoms with van der Waals surface area (Å²) in [6, 6.07) is 2.12. The number of aryl methyl sites for hydroxylation is 3. The number of guanidine groups is 1. The van der Waals surface area contributed by atoms with E-state index in [2.05, 4.69) is 45.3 Å². The minimum atomic E-state index is 0. The molecule has 29 heavy (non-hydrogen) atoms. The van der Waals surface area contributed by atoms with Crippen LogP contribution in [0.4, 0.5) is 0 Å². The van der Waals surface area contributed by atoms with E-state index < -0.39 is 0 Å². The Bertz CT molecular complexity index is 568. The van der Waals surface area contributed by atoms with E-state index >= 15 is 0 Å². The number of hydrogen-bond donors (Lipinski definition) is 2. The molecule has 0 aliphatic heterocycles. The van der Waals surface area contributed by atoms with Crippen LogP contribution in [-0.2, 0) is 11.3 Å². The van der Waals surface area contributed by atoms with E-state index in [1.165, 1.54) is 44.2 Å². The highest BCUT2D eigenvalue weighted by molar-refractivity contribution is 14.0. The van der Waals surface area contributed by atoms with Crippen LogP contribution in [0.5, 0.6) is 0 Å². The van der Waals surface area contributed by atoms with E-state index in [1.807, 2.05) is 6.92 Å². The second-order valence-electron chi connectivity index (χ2n) is 7.88. The Kier molecular flexibility index (Phi) is 14.4. The molecule has 0 radical (unpaired) electrons. The molecule has 0 bridgehead atoms. The number of nitrogens with zero attached hydrogens (tertiary/aromatic N) is 3. The van der Waals surface area contributed by atoms with E-state index in [9.17, 15) is 0 Å². The number of rotatable bonds is 11. The molecule has 0 spiro atoms. The van der Waals surface area contributed by atoms with Gasteiger partial charge in [-0.1, -0.05) is 25.7 Å². The molecule has 0 unspecified atom stereocenters. The van der Waals surface area contributed by atoms with Gasteiger partial charge in [0.25, 0.3) is 0 Å². The summed E-state index contributed by atoms with van der Waals surface area (Å²) in [4.78, 5) is 4.69. The van der Waals surface area contributed by atoms with Gasteiger partial charge < -0.3 is 15.4 Å². The molecule has 1 aliphatic carbocycles. The quantitative estimate of drug-likeness (QED) is 0.148. The van der Waals surface area contributed by atoms with Gasteiger partial charge in [0.2, 0.25) is 0 Å². The zero-order chi connectivity index (χ0) is 20.0. The first kappa shape index (κ1) is 26.2. The predicted octanol–water partition coefficient (Wildman–Crippen LogP) is 4.58. The first-order valence-electron chi connectivity index (χ1n) is 11.3. The molecule has 1 aromatic rings. The lowest BCUT2D eigenvalue weighted by Gasteiger charge is -2.15. The van der Waals surface area contributed by atoms with E-state index in [4.69, 9.17) is 4.74 Å². The van der Waals surface area contributed by atoms with E-state index in [1.54, 1.807) is 0 Å². The fourth-order valence-electron chi connectivity index (χ4n) is 3.75. The predicted molar refractivity (Wildman–Crippen MR) is 132 cm³/mol. The van der Waals surface area contributed by atoms with Crippen LogP contribution in [0.3, 0.4) is 0 Å². The molecule has 0 aromatic carbocycles. The Morgan fingerprint density at radius 3 is 2.55 bits per heavy atom. The Labute approximate surface area is 194 Å². The summed E-state index contributed by atoms with van der Waals surface area (Å²) in [6.45, 7) is 10.7. The van der Waals surface area contributed by atoms with Crippen molar-refractivity contribution in [2.75, 3.05) is 26.2 Å². The van der Waals surface area contributed by atoms with Gasteiger partial charge in [-0.25, -0.2) is 0 Å². The Balaban J connectivity index is 0.00000420. The third kappa shape index (κ3) is 11.2. The van der Waals surface area contributed by atoms with Crippen molar-refractivity contribution < 1.29 is 4.74 Å². The van der Waals surface area contributed by atoms with E-state index in [0.717, 1.165) is 63.7 Å². The fraction of sp³-hybridized carbons (Fsp3) is 0.818. The van der Waals surface area contributed by atoms with Crippen molar-refractivity contribution in [1.82, 2.24) is 20.4 Å². The molecular formula is C22H42IN5O. The van der Waals surface area contributed by atoms with Crippen LogP contribution in [0.15, 0.2) is 11.1 Å². The fourth-order valence-corrected chi connectivity index (χ4v) is 3.75.